The van der Waals surface area contributed by atoms with Crippen molar-refractivity contribution in [3.63, 3.8) is 0 Å². The summed E-state index contributed by atoms with van der Waals surface area (Å²) < 4.78 is 0. The summed E-state index contributed by atoms with van der Waals surface area (Å²) in [7, 11) is 0. The highest BCUT2D eigenvalue weighted by molar-refractivity contribution is 8.02. The van der Waals surface area contributed by atoms with Crippen LogP contribution >= 0.6 is 11.8 Å². The Kier molecular flexibility index (Phi) is 5.27. The number of benzene rings is 1. The van der Waals surface area contributed by atoms with E-state index in [4.69, 9.17) is 0 Å². The van der Waals surface area contributed by atoms with Crippen molar-refractivity contribution in [1.82, 2.24) is 0 Å². The van der Waals surface area contributed by atoms with Crippen LogP contribution in [-0.2, 0) is 0 Å². The van der Waals surface area contributed by atoms with Gasteiger partial charge in [0.1, 0.15) is 0 Å². The van der Waals surface area contributed by atoms with E-state index in [1.54, 1.807) is 0 Å². The van der Waals surface area contributed by atoms with E-state index in [0.29, 0.717) is 0 Å². The summed E-state index contributed by atoms with van der Waals surface area (Å²) in [5, 5.41) is 2.14. The van der Waals surface area contributed by atoms with Crippen LogP contribution in [0.15, 0.2) is 41.8 Å². The third-order valence-corrected chi connectivity index (χ3v) is 3.03. The molecule has 15 heavy (non-hydrogen) atoms. The largest absolute Gasteiger partial charge is 0.129 e. The zero-order chi connectivity index (χ0) is 11.1. The molecule has 0 saturated heterocycles. The van der Waals surface area contributed by atoms with Gasteiger partial charge in [0.2, 0.25) is 0 Å². The quantitative estimate of drug-likeness (QED) is 0.660. The molecule has 0 fully saturated rings. The van der Waals surface area contributed by atoms with Crippen LogP contribution in [0, 0.1) is 6.92 Å². The van der Waals surface area contributed by atoms with Crippen molar-refractivity contribution in [1.29, 1.82) is 0 Å². The summed E-state index contributed by atoms with van der Waals surface area (Å²) in [6.45, 7) is 6.17. The lowest BCUT2D eigenvalue weighted by Gasteiger charge is -2.11. The SMILES string of the molecule is CC.Cc1ccccc1C1=CC=CSC1. The Morgan fingerprint density at radius 3 is 2.47 bits per heavy atom. The van der Waals surface area contributed by atoms with Gasteiger partial charge in [-0.2, -0.15) is 0 Å². The van der Waals surface area contributed by atoms with Crippen molar-refractivity contribution < 1.29 is 0 Å². The van der Waals surface area contributed by atoms with Crippen LogP contribution in [0.5, 0.6) is 0 Å². The zero-order valence-corrected chi connectivity index (χ0v) is 10.5. The van der Waals surface area contributed by atoms with E-state index < -0.39 is 0 Å². The third-order valence-electron chi connectivity index (χ3n) is 2.20. The van der Waals surface area contributed by atoms with Crippen LogP contribution in [0.2, 0.25) is 0 Å². The minimum atomic E-state index is 1.10. The normalized spacial score (nSPS) is 13.9. The fourth-order valence-corrected chi connectivity index (χ4v) is 2.21. The molecule has 2 rings (SSSR count). The minimum Gasteiger partial charge on any atom is -0.129 e. The van der Waals surface area contributed by atoms with Gasteiger partial charge in [0, 0.05) is 5.75 Å². The molecule has 1 heteroatoms. The number of rotatable bonds is 1. The number of hydrogen-bond acceptors (Lipinski definition) is 1. The van der Waals surface area contributed by atoms with Crippen LogP contribution in [0.3, 0.4) is 0 Å². The first-order valence-corrected chi connectivity index (χ1v) is 6.46. The molecule has 1 heterocycles. The Balaban J connectivity index is 0.000000531. The van der Waals surface area contributed by atoms with Gasteiger partial charge in [-0.15, -0.1) is 11.8 Å². The molecule has 1 aromatic carbocycles. The van der Waals surface area contributed by atoms with Gasteiger partial charge in [-0.05, 0) is 29.0 Å². The molecule has 0 aliphatic carbocycles. The monoisotopic (exact) mass is 218 g/mol. The average molecular weight is 218 g/mol. The molecule has 0 atom stereocenters. The van der Waals surface area contributed by atoms with Crippen LogP contribution in [0.1, 0.15) is 25.0 Å². The maximum absolute atomic E-state index is 2.21. The second-order valence-electron chi connectivity index (χ2n) is 3.15. The van der Waals surface area contributed by atoms with E-state index in [2.05, 4.69) is 48.7 Å². The summed E-state index contributed by atoms with van der Waals surface area (Å²) in [4.78, 5) is 0. The van der Waals surface area contributed by atoms with Gasteiger partial charge in [-0.1, -0.05) is 50.3 Å². The molecule has 0 saturated carbocycles. The van der Waals surface area contributed by atoms with Gasteiger partial charge in [-0.25, -0.2) is 0 Å². The maximum atomic E-state index is 2.21. The highest BCUT2D eigenvalue weighted by atomic mass is 32.2. The van der Waals surface area contributed by atoms with Crippen LogP contribution in [0.25, 0.3) is 5.57 Å². The van der Waals surface area contributed by atoms with Crippen molar-refractivity contribution in [3.8, 4) is 0 Å². The van der Waals surface area contributed by atoms with Gasteiger partial charge < -0.3 is 0 Å². The molecule has 0 nitrogen and oxygen atoms in total. The summed E-state index contributed by atoms with van der Waals surface area (Å²) in [6, 6.07) is 8.55. The first-order chi connectivity index (χ1) is 7.38. The molecule has 80 valence electrons. The summed E-state index contributed by atoms with van der Waals surface area (Å²) in [6.07, 6.45) is 4.33. The number of allylic oxidation sites excluding steroid dienone is 2. The smallest absolute Gasteiger partial charge is 0.0232 e. The van der Waals surface area contributed by atoms with E-state index in [-0.39, 0.29) is 0 Å². The highest BCUT2D eigenvalue weighted by Gasteiger charge is 2.04. The predicted molar refractivity (Wildman–Crippen MR) is 72.1 cm³/mol. The Hall–Kier alpha value is -0.950. The number of thioether (sulfide) groups is 1. The Bertz CT molecular complexity index is 361. The van der Waals surface area contributed by atoms with Crippen LogP contribution in [-0.4, -0.2) is 5.75 Å². The fourth-order valence-electron chi connectivity index (χ4n) is 1.50. The Morgan fingerprint density at radius 2 is 1.87 bits per heavy atom. The van der Waals surface area contributed by atoms with Crippen LogP contribution in [0.4, 0.5) is 0 Å². The Labute approximate surface area is 97.1 Å². The van der Waals surface area contributed by atoms with Crippen molar-refractivity contribution in [2.45, 2.75) is 20.8 Å². The molecule has 0 bridgehead atoms. The molecule has 1 aliphatic rings. The molecule has 0 radical (unpaired) electrons. The summed E-state index contributed by atoms with van der Waals surface area (Å²) in [5.74, 6) is 1.10. The molecule has 1 aliphatic heterocycles. The first-order valence-electron chi connectivity index (χ1n) is 5.41. The van der Waals surface area contributed by atoms with Gasteiger partial charge in [0.25, 0.3) is 0 Å². The second kappa shape index (κ2) is 6.52. The van der Waals surface area contributed by atoms with E-state index in [1.807, 2.05) is 25.6 Å². The maximum Gasteiger partial charge on any atom is 0.0232 e. The molecular formula is C14H18S. The summed E-state index contributed by atoms with van der Waals surface area (Å²) in [5.41, 5.74) is 4.19. The zero-order valence-electron chi connectivity index (χ0n) is 9.66. The highest BCUT2D eigenvalue weighted by Crippen LogP contribution is 2.26. The van der Waals surface area contributed by atoms with Crippen molar-refractivity contribution in [2.75, 3.05) is 5.75 Å². The van der Waals surface area contributed by atoms with Gasteiger partial charge in [0.05, 0.1) is 0 Å². The van der Waals surface area contributed by atoms with Crippen LogP contribution < -0.4 is 0 Å². The van der Waals surface area contributed by atoms with Gasteiger partial charge in [0.15, 0.2) is 0 Å². The average Bonchev–Trinajstić information content (AvgIpc) is 2.33. The first kappa shape index (κ1) is 12.1. The van der Waals surface area contributed by atoms with E-state index >= 15 is 0 Å². The molecule has 0 unspecified atom stereocenters. The lowest BCUT2D eigenvalue weighted by atomic mass is 10.0. The van der Waals surface area contributed by atoms with E-state index in [1.165, 1.54) is 16.7 Å². The van der Waals surface area contributed by atoms with Gasteiger partial charge in [-0.3, -0.25) is 0 Å². The molecule has 0 N–H and O–H groups in total. The molecule has 1 aromatic rings. The molecule has 0 spiro atoms. The molecular weight excluding hydrogens is 200 g/mol. The molecule has 0 amide bonds. The standard InChI is InChI=1S/C12H12S.C2H6/c1-10-5-2-3-7-12(10)11-6-4-8-13-9-11;1-2/h2-8H,9H2,1H3;1-2H3. The van der Waals surface area contributed by atoms with E-state index in [0.717, 1.165) is 5.75 Å². The minimum absolute atomic E-state index is 1.10. The lowest BCUT2D eigenvalue weighted by Crippen LogP contribution is -1.92. The number of aryl methyl sites for hydroxylation is 1. The fraction of sp³-hybridized carbons (Fsp3) is 0.286. The van der Waals surface area contributed by atoms with E-state index in [9.17, 15) is 0 Å². The Morgan fingerprint density at radius 1 is 1.13 bits per heavy atom. The number of hydrogen-bond donors (Lipinski definition) is 0. The van der Waals surface area contributed by atoms with Gasteiger partial charge >= 0.3 is 0 Å². The molecule has 0 aromatic heterocycles. The van der Waals surface area contributed by atoms with Crippen molar-refractivity contribution >= 4 is 17.3 Å². The van der Waals surface area contributed by atoms with Crippen molar-refractivity contribution in [2.24, 2.45) is 0 Å². The topological polar surface area (TPSA) is 0 Å². The third kappa shape index (κ3) is 3.28. The lowest BCUT2D eigenvalue weighted by molar-refractivity contribution is 1.41. The predicted octanol–water partition coefficient (Wildman–Crippen LogP) is 4.67. The van der Waals surface area contributed by atoms with Crippen molar-refractivity contribution in [3.05, 3.63) is 53.0 Å². The second-order valence-corrected chi connectivity index (χ2v) is 4.04. The summed E-state index contributed by atoms with van der Waals surface area (Å²) >= 11 is 1.86.